The van der Waals surface area contributed by atoms with Crippen molar-refractivity contribution in [1.29, 1.82) is 0 Å². The molecule has 3 aromatic rings. The van der Waals surface area contributed by atoms with Crippen LogP contribution < -0.4 is 0 Å². The topological polar surface area (TPSA) is 49.8 Å². The number of piperidine rings is 2. The highest BCUT2D eigenvalue weighted by molar-refractivity contribution is 5.79. The van der Waals surface area contributed by atoms with Crippen LogP contribution in [0.4, 0.5) is 9.18 Å². The summed E-state index contributed by atoms with van der Waals surface area (Å²) >= 11 is 0. The summed E-state index contributed by atoms with van der Waals surface area (Å²) in [5.41, 5.74) is 4.82. The van der Waals surface area contributed by atoms with Crippen molar-refractivity contribution in [2.75, 3.05) is 6.61 Å². The van der Waals surface area contributed by atoms with E-state index in [0.717, 1.165) is 19.3 Å². The molecule has 0 spiro atoms. The average molecular weight is 472 g/mol. The van der Waals surface area contributed by atoms with E-state index < -0.39 is 5.60 Å². The Morgan fingerprint density at radius 3 is 2.20 bits per heavy atom. The fourth-order valence-corrected chi connectivity index (χ4v) is 6.51. The molecule has 5 heteroatoms. The maximum atomic E-state index is 14.3. The van der Waals surface area contributed by atoms with Gasteiger partial charge < -0.3 is 14.7 Å². The van der Waals surface area contributed by atoms with Gasteiger partial charge >= 0.3 is 6.09 Å². The van der Waals surface area contributed by atoms with Crippen molar-refractivity contribution in [3.63, 3.8) is 0 Å². The lowest BCUT2D eigenvalue weighted by Gasteiger charge is -2.51. The zero-order valence-electron chi connectivity index (χ0n) is 19.9. The average Bonchev–Trinajstić information content (AvgIpc) is 3.17. The number of ether oxygens (including phenoxy) is 1. The van der Waals surface area contributed by atoms with Crippen molar-refractivity contribution in [3.05, 3.63) is 94.8 Å². The van der Waals surface area contributed by atoms with Gasteiger partial charge in [-0.3, -0.25) is 0 Å². The summed E-state index contributed by atoms with van der Waals surface area (Å²) in [5, 5.41) is 11.5. The van der Waals surface area contributed by atoms with Crippen molar-refractivity contribution >= 4 is 6.09 Å². The molecule has 2 saturated heterocycles. The van der Waals surface area contributed by atoms with E-state index in [9.17, 15) is 14.3 Å². The third kappa shape index (κ3) is 3.73. The number of halogens is 1. The van der Waals surface area contributed by atoms with E-state index in [2.05, 4.69) is 24.3 Å². The molecule has 3 aliphatic rings. The number of nitrogens with zero attached hydrogens (tertiary/aromatic N) is 1. The molecule has 2 unspecified atom stereocenters. The number of fused-ring (bicyclic) bond motifs is 5. The Balaban J connectivity index is 1.21. The molecule has 4 nitrogen and oxygen atoms in total. The Kier molecular flexibility index (Phi) is 5.41. The standard InChI is InChI=1S/C30H30FNO3/c1-19-13-14-20(15-28(19)31)30(34)16-21-7-6-8-22(17-30)32(21)29(33)35-18-27-25-11-4-2-9-23(25)24-10-3-5-12-26(24)27/h2-5,9-15,21-22,27,34H,6-8,16-18H2,1H3. The first kappa shape index (κ1) is 22.3. The van der Waals surface area contributed by atoms with E-state index in [1.807, 2.05) is 35.2 Å². The van der Waals surface area contributed by atoms with Crippen molar-refractivity contribution < 1.29 is 19.0 Å². The SMILES string of the molecule is Cc1ccc(C2(O)CC3CCCC(C2)N3C(=O)OCC2c3ccccc3-c3ccccc32)cc1F. The molecule has 2 aliphatic heterocycles. The van der Waals surface area contributed by atoms with Crippen LogP contribution in [0.5, 0.6) is 0 Å². The Hall–Kier alpha value is -3.18. The number of carbonyl (C=O) groups excluding carboxylic acids is 1. The van der Waals surface area contributed by atoms with Gasteiger partial charge in [0.1, 0.15) is 12.4 Å². The summed E-state index contributed by atoms with van der Waals surface area (Å²) in [6.45, 7) is 2.01. The molecule has 1 amide bonds. The molecule has 0 aromatic heterocycles. The van der Waals surface area contributed by atoms with Gasteiger partial charge in [0.25, 0.3) is 0 Å². The lowest BCUT2D eigenvalue weighted by atomic mass is 9.72. The fraction of sp³-hybridized carbons (Fsp3) is 0.367. The zero-order chi connectivity index (χ0) is 24.2. The van der Waals surface area contributed by atoms with Gasteiger partial charge in [0.05, 0.1) is 5.60 Å². The summed E-state index contributed by atoms with van der Waals surface area (Å²) in [4.78, 5) is 15.3. The highest BCUT2D eigenvalue weighted by Gasteiger charge is 2.49. The van der Waals surface area contributed by atoms with E-state index in [4.69, 9.17) is 4.74 Å². The number of hydrogen-bond acceptors (Lipinski definition) is 3. The molecule has 2 heterocycles. The predicted octanol–water partition coefficient (Wildman–Crippen LogP) is 6.29. The molecular formula is C30H30FNO3. The van der Waals surface area contributed by atoms with Crippen molar-refractivity contribution in [2.24, 2.45) is 0 Å². The monoisotopic (exact) mass is 471 g/mol. The minimum atomic E-state index is -1.13. The Morgan fingerprint density at radius 2 is 1.60 bits per heavy atom. The molecule has 2 atom stereocenters. The summed E-state index contributed by atoms with van der Waals surface area (Å²) in [7, 11) is 0. The van der Waals surface area contributed by atoms with E-state index in [-0.39, 0.29) is 36.5 Å². The summed E-state index contributed by atoms with van der Waals surface area (Å²) < 4.78 is 20.2. The molecule has 1 aliphatic carbocycles. The second kappa shape index (κ2) is 8.49. The second-order valence-corrected chi connectivity index (χ2v) is 10.4. The summed E-state index contributed by atoms with van der Waals surface area (Å²) in [6.07, 6.45) is 3.14. The van der Waals surface area contributed by atoms with Gasteiger partial charge in [-0.15, -0.1) is 0 Å². The minimum Gasteiger partial charge on any atom is -0.448 e. The van der Waals surface area contributed by atoms with E-state index in [1.165, 1.54) is 28.3 Å². The number of benzene rings is 3. The second-order valence-electron chi connectivity index (χ2n) is 10.4. The van der Waals surface area contributed by atoms with Crippen LogP contribution in [-0.2, 0) is 10.3 Å². The van der Waals surface area contributed by atoms with Crippen LogP contribution in [0, 0.1) is 12.7 Å². The van der Waals surface area contributed by atoms with Crippen LogP contribution in [0.2, 0.25) is 0 Å². The molecule has 35 heavy (non-hydrogen) atoms. The van der Waals surface area contributed by atoms with Crippen LogP contribution >= 0.6 is 0 Å². The Morgan fingerprint density at radius 1 is 1.00 bits per heavy atom. The normalized spacial score (nSPS) is 25.2. The summed E-state index contributed by atoms with van der Waals surface area (Å²) in [6, 6.07) is 21.4. The third-order valence-corrected chi connectivity index (χ3v) is 8.26. The molecule has 2 bridgehead atoms. The third-order valence-electron chi connectivity index (χ3n) is 8.26. The van der Waals surface area contributed by atoms with Crippen molar-refractivity contribution in [3.8, 4) is 11.1 Å². The van der Waals surface area contributed by atoms with Crippen LogP contribution in [-0.4, -0.2) is 34.8 Å². The molecule has 180 valence electrons. The number of aryl methyl sites for hydroxylation is 1. The largest absolute Gasteiger partial charge is 0.448 e. The zero-order valence-corrected chi connectivity index (χ0v) is 19.9. The maximum absolute atomic E-state index is 14.3. The Labute approximate surface area is 205 Å². The van der Waals surface area contributed by atoms with Gasteiger partial charge in [0.15, 0.2) is 0 Å². The first-order chi connectivity index (χ1) is 16.9. The molecular weight excluding hydrogens is 441 g/mol. The highest BCUT2D eigenvalue weighted by atomic mass is 19.1. The van der Waals surface area contributed by atoms with Gasteiger partial charge in [-0.2, -0.15) is 0 Å². The lowest BCUT2D eigenvalue weighted by molar-refractivity contribution is -0.0892. The van der Waals surface area contributed by atoms with E-state index in [0.29, 0.717) is 24.0 Å². The summed E-state index contributed by atoms with van der Waals surface area (Å²) in [5.74, 6) is -0.288. The molecule has 6 rings (SSSR count). The number of amides is 1. The molecule has 2 fully saturated rings. The van der Waals surface area contributed by atoms with Gasteiger partial charge in [0.2, 0.25) is 0 Å². The molecule has 3 aromatic carbocycles. The highest BCUT2D eigenvalue weighted by Crippen LogP contribution is 2.46. The van der Waals surface area contributed by atoms with Gasteiger partial charge in [0, 0.05) is 30.8 Å². The molecule has 0 radical (unpaired) electrons. The van der Waals surface area contributed by atoms with Crippen LogP contribution in [0.25, 0.3) is 11.1 Å². The van der Waals surface area contributed by atoms with E-state index in [1.54, 1.807) is 13.0 Å². The van der Waals surface area contributed by atoms with Crippen LogP contribution in [0.15, 0.2) is 66.7 Å². The molecule has 0 saturated carbocycles. The fourth-order valence-electron chi connectivity index (χ4n) is 6.51. The first-order valence-electron chi connectivity index (χ1n) is 12.6. The Bertz CT molecular complexity index is 1230. The maximum Gasteiger partial charge on any atom is 0.410 e. The quantitative estimate of drug-likeness (QED) is 0.489. The lowest BCUT2D eigenvalue weighted by Crippen LogP contribution is -2.59. The predicted molar refractivity (Wildman–Crippen MR) is 133 cm³/mol. The van der Waals surface area contributed by atoms with Crippen molar-refractivity contribution in [1.82, 2.24) is 4.90 Å². The van der Waals surface area contributed by atoms with Gasteiger partial charge in [-0.1, -0.05) is 60.7 Å². The number of aliphatic hydroxyl groups is 1. The van der Waals surface area contributed by atoms with Gasteiger partial charge in [-0.25, -0.2) is 9.18 Å². The number of carbonyl (C=O) groups is 1. The van der Waals surface area contributed by atoms with Crippen molar-refractivity contribution in [2.45, 2.75) is 62.6 Å². The van der Waals surface area contributed by atoms with E-state index >= 15 is 0 Å². The van der Waals surface area contributed by atoms with Crippen LogP contribution in [0.3, 0.4) is 0 Å². The molecule has 1 N–H and O–H groups in total. The smallest absolute Gasteiger partial charge is 0.410 e. The van der Waals surface area contributed by atoms with Gasteiger partial charge in [-0.05, 0) is 65.6 Å². The number of rotatable bonds is 3. The minimum absolute atomic E-state index is 0.0171. The number of hydrogen-bond donors (Lipinski definition) is 1. The van der Waals surface area contributed by atoms with Crippen LogP contribution in [0.1, 0.15) is 60.3 Å². The first-order valence-corrected chi connectivity index (χ1v) is 12.6.